The van der Waals surface area contributed by atoms with Crippen LogP contribution < -0.4 is 4.72 Å². The molecule has 0 atom stereocenters. The van der Waals surface area contributed by atoms with Crippen LogP contribution in [0.4, 0.5) is 0 Å². The van der Waals surface area contributed by atoms with E-state index in [1.165, 1.54) is 0 Å². The summed E-state index contributed by atoms with van der Waals surface area (Å²) >= 11 is 0. The molecule has 1 rings (SSSR count). The van der Waals surface area contributed by atoms with E-state index >= 15 is 0 Å². The number of aryl methyl sites for hydroxylation is 2. The number of hydrogen-bond acceptors (Lipinski definition) is 5. The van der Waals surface area contributed by atoms with Crippen LogP contribution in [0, 0.1) is 25.2 Å². The van der Waals surface area contributed by atoms with Crippen molar-refractivity contribution in [2.24, 2.45) is 0 Å². The normalized spacial score (nSPS) is 10.9. The zero-order valence-electron chi connectivity index (χ0n) is 12.0. The van der Waals surface area contributed by atoms with Gasteiger partial charge in [-0.1, -0.05) is 6.07 Å². The minimum Gasteiger partial charge on any atom is -0.450 e. The summed E-state index contributed by atoms with van der Waals surface area (Å²) in [4.78, 5) is 11.3. The van der Waals surface area contributed by atoms with Gasteiger partial charge >= 0.3 is 5.97 Å². The Morgan fingerprint density at radius 2 is 2.05 bits per heavy atom. The highest BCUT2D eigenvalue weighted by atomic mass is 32.2. The zero-order chi connectivity index (χ0) is 15.9. The van der Waals surface area contributed by atoms with Gasteiger partial charge in [-0.3, -0.25) is 4.79 Å². The van der Waals surface area contributed by atoms with Gasteiger partial charge in [-0.2, -0.15) is 5.26 Å². The lowest BCUT2D eigenvalue weighted by molar-refractivity contribution is -0.142. The molecule has 0 heterocycles. The summed E-state index contributed by atoms with van der Waals surface area (Å²) < 4.78 is 31.1. The molecule has 0 aliphatic rings. The van der Waals surface area contributed by atoms with E-state index in [1.807, 2.05) is 13.8 Å². The maximum atomic E-state index is 12.0. The van der Waals surface area contributed by atoms with E-state index in [9.17, 15) is 13.2 Å². The van der Waals surface area contributed by atoms with Gasteiger partial charge in [0.05, 0.1) is 4.90 Å². The number of carbonyl (C=O) groups is 1. The van der Waals surface area contributed by atoms with Gasteiger partial charge in [-0.05, 0) is 43.5 Å². The van der Waals surface area contributed by atoms with Crippen molar-refractivity contribution in [2.45, 2.75) is 31.6 Å². The van der Waals surface area contributed by atoms with Crippen LogP contribution in [0.2, 0.25) is 0 Å². The Bertz CT molecular complexity index is 647. The molecule has 21 heavy (non-hydrogen) atoms. The number of hydrogen-bond donors (Lipinski definition) is 1. The third-order valence-corrected chi connectivity index (χ3v) is 4.39. The number of nitrogens with zero attached hydrogens (tertiary/aromatic N) is 1. The lowest BCUT2D eigenvalue weighted by Gasteiger charge is -2.08. The van der Waals surface area contributed by atoms with Gasteiger partial charge in [0.1, 0.15) is 6.07 Å². The van der Waals surface area contributed by atoms with E-state index in [2.05, 4.69) is 9.46 Å². The van der Waals surface area contributed by atoms with Crippen LogP contribution in [0.3, 0.4) is 0 Å². The predicted molar refractivity (Wildman–Crippen MR) is 76.9 cm³/mol. The lowest BCUT2D eigenvalue weighted by atomic mass is 10.1. The van der Waals surface area contributed by atoms with E-state index < -0.39 is 16.0 Å². The van der Waals surface area contributed by atoms with Gasteiger partial charge in [0.25, 0.3) is 0 Å². The number of rotatable bonds is 7. The molecule has 0 aliphatic carbocycles. The number of ether oxygens (including phenoxy) is 1. The van der Waals surface area contributed by atoms with E-state index in [0.29, 0.717) is 6.42 Å². The van der Waals surface area contributed by atoms with Gasteiger partial charge in [0.2, 0.25) is 10.0 Å². The fraction of sp³-hybridized carbons (Fsp3) is 0.429. The molecule has 0 unspecified atom stereocenters. The third kappa shape index (κ3) is 5.53. The van der Waals surface area contributed by atoms with Crippen LogP contribution in [0.5, 0.6) is 0 Å². The summed E-state index contributed by atoms with van der Waals surface area (Å²) in [6, 6.07) is 6.60. The van der Waals surface area contributed by atoms with Crippen LogP contribution >= 0.6 is 0 Å². The molecule has 0 aliphatic heterocycles. The van der Waals surface area contributed by atoms with Crippen molar-refractivity contribution >= 4 is 16.0 Å². The van der Waals surface area contributed by atoms with Crippen molar-refractivity contribution < 1.29 is 17.9 Å². The molecule has 7 heteroatoms. The first-order valence-electron chi connectivity index (χ1n) is 6.46. The van der Waals surface area contributed by atoms with Crippen molar-refractivity contribution in [2.75, 3.05) is 13.2 Å². The van der Waals surface area contributed by atoms with Crippen LogP contribution in [0.1, 0.15) is 24.0 Å². The second kappa shape index (κ2) is 7.76. The van der Waals surface area contributed by atoms with E-state index in [0.717, 1.165) is 11.1 Å². The molecule has 1 aromatic carbocycles. The van der Waals surface area contributed by atoms with Gasteiger partial charge in [-0.15, -0.1) is 0 Å². The molecule has 0 spiro atoms. The topological polar surface area (TPSA) is 96.3 Å². The average molecular weight is 310 g/mol. The van der Waals surface area contributed by atoms with Gasteiger partial charge in [0.15, 0.2) is 6.61 Å². The summed E-state index contributed by atoms with van der Waals surface area (Å²) in [7, 11) is -3.57. The van der Waals surface area contributed by atoms with Crippen molar-refractivity contribution in [3.05, 3.63) is 29.3 Å². The highest BCUT2D eigenvalue weighted by molar-refractivity contribution is 7.89. The molecule has 0 aromatic heterocycles. The molecule has 114 valence electrons. The SMILES string of the molecule is Cc1ccc(S(=O)(=O)NCCCC(=O)OCC#N)cc1C. The lowest BCUT2D eigenvalue weighted by Crippen LogP contribution is -2.25. The predicted octanol–water partition coefficient (Wildman–Crippen LogP) is 1.43. The first kappa shape index (κ1) is 17.1. The molecule has 6 nitrogen and oxygen atoms in total. The second-order valence-electron chi connectivity index (χ2n) is 4.57. The Hall–Kier alpha value is -1.91. The van der Waals surface area contributed by atoms with Gasteiger partial charge < -0.3 is 4.74 Å². The van der Waals surface area contributed by atoms with Crippen LogP contribution in [0.15, 0.2) is 23.1 Å². The van der Waals surface area contributed by atoms with Crippen molar-refractivity contribution in [1.29, 1.82) is 5.26 Å². The fourth-order valence-corrected chi connectivity index (χ4v) is 2.75. The molecule has 0 amide bonds. The zero-order valence-corrected chi connectivity index (χ0v) is 12.9. The summed E-state index contributed by atoms with van der Waals surface area (Å²) in [5.41, 5.74) is 1.92. The molecule has 0 bridgehead atoms. The maximum Gasteiger partial charge on any atom is 0.306 e. The standard InChI is InChI=1S/C14H18N2O4S/c1-11-5-6-13(10-12(11)2)21(18,19)16-8-3-4-14(17)20-9-7-15/h5-6,10,16H,3-4,8-9H2,1-2H3. The number of esters is 1. The first-order valence-corrected chi connectivity index (χ1v) is 7.94. The molecular formula is C14H18N2O4S. The number of carbonyl (C=O) groups excluding carboxylic acids is 1. The number of nitriles is 1. The third-order valence-electron chi connectivity index (χ3n) is 2.94. The number of benzene rings is 1. The van der Waals surface area contributed by atoms with E-state index in [-0.39, 0.29) is 24.5 Å². The quantitative estimate of drug-likeness (QED) is 0.607. The molecule has 1 aromatic rings. The Morgan fingerprint density at radius 1 is 1.33 bits per heavy atom. The van der Waals surface area contributed by atoms with Crippen molar-refractivity contribution in [3.63, 3.8) is 0 Å². The molecule has 0 saturated carbocycles. The molecule has 0 radical (unpaired) electrons. The molecule has 1 N–H and O–H groups in total. The first-order chi connectivity index (χ1) is 9.86. The molecular weight excluding hydrogens is 292 g/mol. The van der Waals surface area contributed by atoms with Crippen molar-refractivity contribution in [3.8, 4) is 6.07 Å². The highest BCUT2D eigenvalue weighted by Crippen LogP contribution is 2.14. The van der Waals surface area contributed by atoms with Crippen LogP contribution in [0.25, 0.3) is 0 Å². The number of nitrogens with one attached hydrogen (secondary N) is 1. The van der Waals surface area contributed by atoms with Gasteiger partial charge in [-0.25, -0.2) is 13.1 Å². The molecule has 0 saturated heterocycles. The van der Waals surface area contributed by atoms with Gasteiger partial charge in [0, 0.05) is 13.0 Å². The monoisotopic (exact) mass is 310 g/mol. The summed E-state index contributed by atoms with van der Waals surface area (Å²) in [5.74, 6) is -0.512. The number of sulfonamides is 1. The van der Waals surface area contributed by atoms with Crippen LogP contribution in [-0.4, -0.2) is 27.5 Å². The fourth-order valence-electron chi connectivity index (χ4n) is 1.59. The average Bonchev–Trinajstić information content (AvgIpc) is 2.44. The smallest absolute Gasteiger partial charge is 0.306 e. The summed E-state index contributed by atoms with van der Waals surface area (Å²) in [5, 5.41) is 8.24. The second-order valence-corrected chi connectivity index (χ2v) is 6.33. The highest BCUT2D eigenvalue weighted by Gasteiger charge is 2.14. The Balaban J connectivity index is 2.49. The van der Waals surface area contributed by atoms with E-state index in [4.69, 9.17) is 5.26 Å². The maximum absolute atomic E-state index is 12.0. The van der Waals surface area contributed by atoms with E-state index in [1.54, 1.807) is 24.3 Å². The van der Waals surface area contributed by atoms with Crippen LogP contribution in [-0.2, 0) is 19.6 Å². The summed E-state index contributed by atoms with van der Waals surface area (Å²) in [6.45, 7) is 3.61. The molecule has 0 fully saturated rings. The Kier molecular flexibility index (Phi) is 6.34. The Morgan fingerprint density at radius 3 is 2.67 bits per heavy atom. The minimum absolute atomic E-state index is 0.0666. The summed E-state index contributed by atoms with van der Waals surface area (Å²) in [6.07, 6.45) is 0.380. The van der Waals surface area contributed by atoms with Crippen molar-refractivity contribution in [1.82, 2.24) is 4.72 Å². The minimum atomic E-state index is -3.57. The largest absolute Gasteiger partial charge is 0.450 e. The Labute approximate surface area is 124 Å².